The minimum atomic E-state index is 0.0409. The molecule has 23 heavy (non-hydrogen) atoms. The molecule has 1 unspecified atom stereocenters. The molecule has 0 aliphatic carbocycles. The van der Waals surface area contributed by atoms with Gasteiger partial charge in [0.15, 0.2) is 0 Å². The molecule has 0 fully saturated rings. The Morgan fingerprint density at radius 2 is 2.26 bits per heavy atom. The highest BCUT2D eigenvalue weighted by atomic mass is 16.5. The number of benzene rings is 1. The molecule has 5 heteroatoms. The van der Waals surface area contributed by atoms with Crippen molar-refractivity contribution in [2.75, 3.05) is 7.11 Å². The van der Waals surface area contributed by atoms with Crippen LogP contribution in [-0.4, -0.2) is 28.6 Å². The smallest absolute Gasteiger partial charge is 0.224 e. The first kappa shape index (κ1) is 15.6. The standard InChI is InChI=1S/C18H23N3O2/c1-12-4-6-16(23-3)14(8-12)9-18(22)20-15-5-7-17-19-13(2)10-21(17)11-15/h4,6,8,10,15H,5,7,9,11H2,1-3H3,(H,20,22). The van der Waals surface area contributed by atoms with Crippen LogP contribution in [0.1, 0.15) is 29.1 Å². The van der Waals surface area contributed by atoms with Crippen molar-refractivity contribution < 1.29 is 9.53 Å². The molecule has 0 saturated heterocycles. The van der Waals surface area contributed by atoms with Gasteiger partial charge in [0.05, 0.1) is 19.2 Å². The van der Waals surface area contributed by atoms with Crippen molar-refractivity contribution in [3.05, 3.63) is 47.0 Å². The second kappa shape index (κ2) is 6.44. The largest absolute Gasteiger partial charge is 0.496 e. The molecule has 1 aliphatic rings. The fraction of sp³-hybridized carbons (Fsp3) is 0.444. The molecule has 1 aliphatic heterocycles. The van der Waals surface area contributed by atoms with Gasteiger partial charge in [-0.15, -0.1) is 0 Å². The van der Waals surface area contributed by atoms with Gasteiger partial charge in [-0.1, -0.05) is 17.7 Å². The van der Waals surface area contributed by atoms with Crippen LogP contribution >= 0.6 is 0 Å². The molecule has 0 bridgehead atoms. The van der Waals surface area contributed by atoms with Gasteiger partial charge < -0.3 is 14.6 Å². The number of nitrogens with zero attached hydrogens (tertiary/aromatic N) is 2. The van der Waals surface area contributed by atoms with Gasteiger partial charge in [-0.2, -0.15) is 0 Å². The van der Waals surface area contributed by atoms with Gasteiger partial charge in [0.2, 0.25) is 5.91 Å². The number of hydrogen-bond donors (Lipinski definition) is 1. The quantitative estimate of drug-likeness (QED) is 0.941. The number of aryl methyl sites for hydroxylation is 3. The van der Waals surface area contributed by atoms with E-state index in [1.807, 2.05) is 32.0 Å². The Morgan fingerprint density at radius 1 is 1.43 bits per heavy atom. The van der Waals surface area contributed by atoms with Crippen molar-refractivity contribution in [1.29, 1.82) is 0 Å². The summed E-state index contributed by atoms with van der Waals surface area (Å²) >= 11 is 0. The molecule has 122 valence electrons. The maximum atomic E-state index is 12.4. The predicted octanol–water partition coefficient (Wildman–Crippen LogP) is 2.18. The second-order valence-corrected chi connectivity index (χ2v) is 6.25. The van der Waals surface area contributed by atoms with Crippen LogP contribution in [0.4, 0.5) is 0 Å². The number of methoxy groups -OCH3 is 1. The van der Waals surface area contributed by atoms with E-state index in [1.165, 1.54) is 0 Å². The maximum Gasteiger partial charge on any atom is 0.224 e. The fourth-order valence-corrected chi connectivity index (χ4v) is 3.20. The molecule has 0 saturated carbocycles. The summed E-state index contributed by atoms with van der Waals surface area (Å²) in [6.45, 7) is 4.82. The van der Waals surface area contributed by atoms with E-state index in [9.17, 15) is 4.79 Å². The van der Waals surface area contributed by atoms with E-state index in [0.717, 1.165) is 47.8 Å². The zero-order valence-electron chi connectivity index (χ0n) is 13.9. The number of nitrogens with one attached hydrogen (secondary N) is 1. The second-order valence-electron chi connectivity index (χ2n) is 6.25. The Bertz CT molecular complexity index is 721. The van der Waals surface area contributed by atoms with Crippen LogP contribution in [0, 0.1) is 13.8 Å². The number of amides is 1. The van der Waals surface area contributed by atoms with Gasteiger partial charge >= 0.3 is 0 Å². The summed E-state index contributed by atoms with van der Waals surface area (Å²) in [6.07, 6.45) is 4.24. The van der Waals surface area contributed by atoms with E-state index >= 15 is 0 Å². The van der Waals surface area contributed by atoms with E-state index < -0.39 is 0 Å². The van der Waals surface area contributed by atoms with Gasteiger partial charge in [-0.3, -0.25) is 4.79 Å². The summed E-state index contributed by atoms with van der Waals surface area (Å²) in [5.74, 6) is 1.93. The number of fused-ring (bicyclic) bond motifs is 1. The van der Waals surface area contributed by atoms with Crippen molar-refractivity contribution in [2.24, 2.45) is 0 Å². The molecule has 1 atom stereocenters. The Balaban J connectivity index is 1.63. The summed E-state index contributed by atoms with van der Waals surface area (Å²) in [5, 5.41) is 3.15. The summed E-state index contributed by atoms with van der Waals surface area (Å²) in [7, 11) is 1.64. The lowest BCUT2D eigenvalue weighted by Gasteiger charge is -2.24. The lowest BCUT2D eigenvalue weighted by molar-refractivity contribution is -0.121. The summed E-state index contributed by atoms with van der Waals surface area (Å²) in [4.78, 5) is 16.9. The summed E-state index contributed by atoms with van der Waals surface area (Å²) in [6, 6.07) is 6.08. The highest BCUT2D eigenvalue weighted by Crippen LogP contribution is 2.20. The van der Waals surface area contributed by atoms with Crippen molar-refractivity contribution in [3.63, 3.8) is 0 Å². The van der Waals surface area contributed by atoms with Crippen molar-refractivity contribution in [1.82, 2.24) is 14.9 Å². The van der Waals surface area contributed by atoms with E-state index in [4.69, 9.17) is 4.74 Å². The normalized spacial score (nSPS) is 16.7. The van der Waals surface area contributed by atoms with Crippen molar-refractivity contribution in [3.8, 4) is 5.75 Å². The first-order valence-corrected chi connectivity index (χ1v) is 8.00. The Labute approximate surface area is 136 Å². The first-order chi connectivity index (χ1) is 11.0. The van der Waals surface area contributed by atoms with Gasteiger partial charge in [-0.25, -0.2) is 4.98 Å². The van der Waals surface area contributed by atoms with Crippen LogP contribution in [0.15, 0.2) is 24.4 Å². The first-order valence-electron chi connectivity index (χ1n) is 8.00. The molecule has 5 nitrogen and oxygen atoms in total. The van der Waals surface area contributed by atoms with Gasteiger partial charge in [-0.05, 0) is 26.3 Å². The Kier molecular flexibility index (Phi) is 4.37. The minimum Gasteiger partial charge on any atom is -0.496 e. The number of ether oxygens (including phenoxy) is 1. The van der Waals surface area contributed by atoms with E-state index in [1.54, 1.807) is 7.11 Å². The average Bonchev–Trinajstić information content (AvgIpc) is 2.86. The van der Waals surface area contributed by atoms with Crippen LogP contribution < -0.4 is 10.1 Å². The number of carbonyl (C=O) groups is 1. The average molecular weight is 313 g/mol. The number of aromatic nitrogens is 2. The van der Waals surface area contributed by atoms with Crippen LogP contribution in [0.25, 0.3) is 0 Å². The molecule has 0 radical (unpaired) electrons. The van der Waals surface area contributed by atoms with Crippen LogP contribution in [0.2, 0.25) is 0 Å². The minimum absolute atomic E-state index is 0.0409. The monoisotopic (exact) mass is 313 g/mol. The molecule has 1 N–H and O–H groups in total. The molecule has 1 aromatic heterocycles. The lowest BCUT2D eigenvalue weighted by Crippen LogP contribution is -2.41. The van der Waals surface area contributed by atoms with E-state index in [0.29, 0.717) is 6.42 Å². The number of rotatable bonds is 4. The predicted molar refractivity (Wildman–Crippen MR) is 88.7 cm³/mol. The molecule has 1 amide bonds. The number of carbonyl (C=O) groups excluding carboxylic acids is 1. The fourth-order valence-electron chi connectivity index (χ4n) is 3.20. The lowest BCUT2D eigenvalue weighted by atomic mass is 10.0. The molecule has 0 spiro atoms. The van der Waals surface area contributed by atoms with Crippen molar-refractivity contribution in [2.45, 2.75) is 45.7 Å². The number of hydrogen-bond acceptors (Lipinski definition) is 3. The Hall–Kier alpha value is -2.30. The van der Waals surface area contributed by atoms with E-state index in [-0.39, 0.29) is 11.9 Å². The summed E-state index contributed by atoms with van der Waals surface area (Å²) < 4.78 is 7.50. The number of imidazole rings is 1. The van der Waals surface area contributed by atoms with Gasteiger partial charge in [0, 0.05) is 30.8 Å². The third-order valence-corrected chi connectivity index (χ3v) is 4.27. The van der Waals surface area contributed by atoms with Crippen LogP contribution in [0.5, 0.6) is 5.75 Å². The highest BCUT2D eigenvalue weighted by Gasteiger charge is 2.21. The molecular formula is C18H23N3O2. The molecule has 2 heterocycles. The topological polar surface area (TPSA) is 56.1 Å². The Morgan fingerprint density at radius 3 is 3.04 bits per heavy atom. The third kappa shape index (κ3) is 3.55. The molecular weight excluding hydrogens is 290 g/mol. The summed E-state index contributed by atoms with van der Waals surface area (Å²) in [5.41, 5.74) is 3.10. The van der Waals surface area contributed by atoms with E-state index in [2.05, 4.69) is 21.1 Å². The van der Waals surface area contributed by atoms with Gasteiger partial charge in [0.1, 0.15) is 11.6 Å². The van der Waals surface area contributed by atoms with Crippen molar-refractivity contribution >= 4 is 5.91 Å². The molecule has 1 aromatic carbocycles. The molecule has 3 rings (SSSR count). The van der Waals surface area contributed by atoms with Gasteiger partial charge in [0.25, 0.3) is 0 Å². The zero-order chi connectivity index (χ0) is 16.4. The SMILES string of the molecule is COc1ccc(C)cc1CC(=O)NC1CCc2nc(C)cn2C1. The van der Waals surface area contributed by atoms with Crippen LogP contribution in [0.3, 0.4) is 0 Å². The van der Waals surface area contributed by atoms with Crippen LogP contribution in [-0.2, 0) is 24.2 Å². The third-order valence-electron chi connectivity index (χ3n) is 4.27. The maximum absolute atomic E-state index is 12.4. The highest BCUT2D eigenvalue weighted by molar-refractivity contribution is 5.79. The molecule has 2 aromatic rings. The zero-order valence-corrected chi connectivity index (χ0v) is 13.9.